The number of carbonyl (C=O) groups excluding carboxylic acids is 1. The van der Waals surface area contributed by atoms with Crippen LogP contribution >= 0.6 is 0 Å². The minimum atomic E-state index is -0.304. The van der Waals surface area contributed by atoms with Gasteiger partial charge in [-0.1, -0.05) is 25.3 Å². The monoisotopic (exact) mass is 444 g/mol. The fourth-order valence-electron chi connectivity index (χ4n) is 5.45. The van der Waals surface area contributed by atoms with Gasteiger partial charge < -0.3 is 10.3 Å². The first-order chi connectivity index (χ1) is 16.0. The molecule has 0 unspecified atom stereocenters. The molecule has 1 aliphatic heterocycles. The Labute approximate surface area is 193 Å². The normalized spacial score (nSPS) is 17.9. The Kier molecular flexibility index (Phi) is 5.90. The van der Waals surface area contributed by atoms with Crippen LogP contribution in [0.2, 0.25) is 0 Å². The van der Waals surface area contributed by atoms with Gasteiger partial charge in [-0.25, -0.2) is 4.39 Å². The van der Waals surface area contributed by atoms with E-state index in [1.54, 1.807) is 12.1 Å². The maximum absolute atomic E-state index is 13.6. The SMILES string of the molecule is N#Cc1ccc2c(c1)CN(CCC1(NC(=O)c3cc4cc(F)ccc4[nH]3)CCCCC1)CC2. The average molecular weight is 445 g/mol. The Morgan fingerprint density at radius 1 is 1.12 bits per heavy atom. The molecule has 0 spiro atoms. The van der Waals surface area contributed by atoms with Gasteiger partial charge in [-0.3, -0.25) is 9.69 Å². The number of nitrogens with zero attached hydrogens (tertiary/aromatic N) is 2. The van der Waals surface area contributed by atoms with E-state index in [4.69, 9.17) is 0 Å². The van der Waals surface area contributed by atoms with Crippen molar-refractivity contribution in [3.05, 3.63) is 70.7 Å². The maximum atomic E-state index is 13.6. The lowest BCUT2D eigenvalue weighted by molar-refractivity contribution is 0.0836. The molecule has 0 atom stereocenters. The van der Waals surface area contributed by atoms with Crippen molar-refractivity contribution in [2.24, 2.45) is 0 Å². The minimum absolute atomic E-state index is 0.115. The summed E-state index contributed by atoms with van der Waals surface area (Å²) >= 11 is 0. The van der Waals surface area contributed by atoms with E-state index < -0.39 is 0 Å². The number of carbonyl (C=O) groups is 1. The molecular weight excluding hydrogens is 415 g/mol. The lowest BCUT2D eigenvalue weighted by Gasteiger charge is -2.40. The smallest absolute Gasteiger partial charge is 0.268 e. The molecule has 2 aromatic carbocycles. The summed E-state index contributed by atoms with van der Waals surface area (Å²) in [5.74, 6) is -0.418. The molecule has 1 saturated carbocycles. The molecule has 1 aliphatic carbocycles. The topological polar surface area (TPSA) is 71.9 Å². The second-order valence-electron chi connectivity index (χ2n) is 9.58. The van der Waals surface area contributed by atoms with E-state index in [1.165, 1.54) is 29.7 Å². The molecule has 0 radical (unpaired) electrons. The first-order valence-corrected chi connectivity index (χ1v) is 11.9. The zero-order valence-corrected chi connectivity index (χ0v) is 18.8. The second kappa shape index (κ2) is 8.99. The van der Waals surface area contributed by atoms with E-state index in [-0.39, 0.29) is 17.3 Å². The van der Waals surface area contributed by atoms with E-state index in [0.29, 0.717) is 16.6 Å². The van der Waals surface area contributed by atoms with Crippen molar-refractivity contribution in [2.75, 3.05) is 13.1 Å². The molecule has 0 bridgehead atoms. The Morgan fingerprint density at radius 2 is 1.97 bits per heavy atom. The fourth-order valence-corrected chi connectivity index (χ4v) is 5.45. The van der Waals surface area contributed by atoms with Gasteiger partial charge in [0.05, 0.1) is 11.6 Å². The molecule has 1 aromatic heterocycles. The van der Waals surface area contributed by atoms with Crippen molar-refractivity contribution >= 4 is 16.8 Å². The van der Waals surface area contributed by atoms with Crippen LogP contribution in [0.1, 0.15) is 65.7 Å². The zero-order chi connectivity index (χ0) is 22.8. The fraction of sp³-hybridized carbons (Fsp3) is 0.407. The maximum Gasteiger partial charge on any atom is 0.268 e. The Morgan fingerprint density at radius 3 is 2.79 bits per heavy atom. The van der Waals surface area contributed by atoms with E-state index in [0.717, 1.165) is 63.7 Å². The molecule has 5 rings (SSSR count). The van der Waals surface area contributed by atoms with Gasteiger partial charge in [-0.05, 0) is 73.2 Å². The van der Waals surface area contributed by atoms with Crippen molar-refractivity contribution < 1.29 is 9.18 Å². The molecule has 1 amide bonds. The largest absolute Gasteiger partial charge is 0.351 e. The molecule has 2 N–H and O–H groups in total. The first kappa shape index (κ1) is 21.7. The predicted molar refractivity (Wildman–Crippen MR) is 126 cm³/mol. The van der Waals surface area contributed by atoms with Crippen LogP contribution in [0.5, 0.6) is 0 Å². The van der Waals surface area contributed by atoms with E-state index in [2.05, 4.69) is 27.3 Å². The van der Waals surface area contributed by atoms with Crippen LogP contribution in [0.3, 0.4) is 0 Å². The average Bonchev–Trinajstić information content (AvgIpc) is 3.26. The summed E-state index contributed by atoms with van der Waals surface area (Å²) < 4.78 is 13.6. The molecule has 5 nitrogen and oxygen atoms in total. The van der Waals surface area contributed by atoms with Crippen molar-refractivity contribution in [1.82, 2.24) is 15.2 Å². The predicted octanol–water partition coefficient (Wildman–Crippen LogP) is 5.06. The highest BCUT2D eigenvalue weighted by Gasteiger charge is 2.34. The molecule has 170 valence electrons. The van der Waals surface area contributed by atoms with Gasteiger partial charge in [0, 0.05) is 36.1 Å². The molecule has 3 aromatic rings. The quantitative estimate of drug-likeness (QED) is 0.578. The Bertz CT molecular complexity index is 1220. The third-order valence-corrected chi connectivity index (χ3v) is 7.35. The molecular formula is C27H29FN4O. The van der Waals surface area contributed by atoms with Gasteiger partial charge in [0.2, 0.25) is 0 Å². The number of benzene rings is 2. The van der Waals surface area contributed by atoms with E-state index in [9.17, 15) is 14.4 Å². The van der Waals surface area contributed by atoms with Crippen LogP contribution in [-0.4, -0.2) is 34.4 Å². The summed E-state index contributed by atoms with van der Waals surface area (Å²) in [4.78, 5) is 18.8. The number of aromatic nitrogens is 1. The number of hydrogen-bond acceptors (Lipinski definition) is 3. The number of halogens is 1. The number of fused-ring (bicyclic) bond motifs is 2. The van der Waals surface area contributed by atoms with Crippen LogP contribution in [0, 0.1) is 17.1 Å². The lowest BCUT2D eigenvalue weighted by Crippen LogP contribution is -2.51. The number of hydrogen-bond donors (Lipinski definition) is 2. The summed E-state index contributed by atoms with van der Waals surface area (Å²) in [6.45, 7) is 2.76. The van der Waals surface area contributed by atoms with Crippen LogP contribution in [0.25, 0.3) is 10.9 Å². The Balaban J connectivity index is 1.28. The molecule has 0 saturated heterocycles. The molecule has 6 heteroatoms. The number of rotatable bonds is 5. The summed E-state index contributed by atoms with van der Waals surface area (Å²) in [6.07, 6.45) is 7.30. The van der Waals surface area contributed by atoms with Crippen molar-refractivity contribution in [2.45, 2.75) is 57.0 Å². The highest BCUT2D eigenvalue weighted by Crippen LogP contribution is 2.33. The minimum Gasteiger partial charge on any atom is -0.351 e. The number of amides is 1. The molecule has 1 fully saturated rings. The van der Waals surface area contributed by atoms with Crippen LogP contribution < -0.4 is 5.32 Å². The standard InChI is InChI=1S/C27H29FN4O/c28-23-6-7-24-21(15-23)16-25(30-24)26(33)31-27(9-2-1-3-10-27)11-13-32-12-8-20-5-4-19(17-29)14-22(20)18-32/h4-7,14-16,30H,1-3,8-13,18H2,(H,31,33). The van der Waals surface area contributed by atoms with E-state index >= 15 is 0 Å². The summed E-state index contributed by atoms with van der Waals surface area (Å²) in [6, 6.07) is 14.5. The Hall–Kier alpha value is -3.17. The van der Waals surface area contributed by atoms with Gasteiger partial charge in [0.1, 0.15) is 11.5 Å². The second-order valence-corrected chi connectivity index (χ2v) is 9.58. The number of H-pyrrole nitrogens is 1. The van der Waals surface area contributed by atoms with E-state index in [1.807, 2.05) is 12.1 Å². The van der Waals surface area contributed by atoms with Crippen molar-refractivity contribution in [1.29, 1.82) is 5.26 Å². The van der Waals surface area contributed by atoms with Crippen molar-refractivity contribution in [3.8, 4) is 6.07 Å². The van der Waals surface area contributed by atoms with Gasteiger partial charge in [-0.15, -0.1) is 0 Å². The number of nitriles is 1. The van der Waals surface area contributed by atoms with Crippen molar-refractivity contribution in [3.63, 3.8) is 0 Å². The molecule has 2 aliphatic rings. The molecule has 33 heavy (non-hydrogen) atoms. The highest BCUT2D eigenvalue weighted by molar-refractivity contribution is 5.98. The molecule has 2 heterocycles. The van der Waals surface area contributed by atoms with Crippen LogP contribution in [0.4, 0.5) is 4.39 Å². The van der Waals surface area contributed by atoms with Crippen LogP contribution in [-0.2, 0) is 13.0 Å². The summed E-state index contributed by atoms with van der Waals surface area (Å²) in [5.41, 5.74) is 4.32. The summed E-state index contributed by atoms with van der Waals surface area (Å²) in [7, 11) is 0. The summed E-state index contributed by atoms with van der Waals surface area (Å²) in [5, 5.41) is 13.3. The third-order valence-electron chi connectivity index (χ3n) is 7.35. The third kappa shape index (κ3) is 4.65. The van der Waals surface area contributed by atoms with Gasteiger partial charge >= 0.3 is 0 Å². The van der Waals surface area contributed by atoms with Gasteiger partial charge in [0.15, 0.2) is 0 Å². The van der Waals surface area contributed by atoms with Crippen LogP contribution in [0.15, 0.2) is 42.5 Å². The highest BCUT2D eigenvalue weighted by atomic mass is 19.1. The first-order valence-electron chi connectivity index (χ1n) is 11.9. The van der Waals surface area contributed by atoms with Gasteiger partial charge in [0.25, 0.3) is 5.91 Å². The van der Waals surface area contributed by atoms with Gasteiger partial charge in [-0.2, -0.15) is 5.26 Å². The zero-order valence-electron chi connectivity index (χ0n) is 18.8. The number of nitrogens with one attached hydrogen (secondary N) is 2. The number of aromatic amines is 1. The lowest BCUT2D eigenvalue weighted by atomic mass is 9.79.